The Morgan fingerprint density at radius 2 is 2.10 bits per heavy atom. The summed E-state index contributed by atoms with van der Waals surface area (Å²) in [5.74, 6) is -0.745. The summed E-state index contributed by atoms with van der Waals surface area (Å²) in [6.45, 7) is 1.05. The summed E-state index contributed by atoms with van der Waals surface area (Å²) in [6.07, 6.45) is 2.20. The average molecular weight is 422 g/mol. The summed E-state index contributed by atoms with van der Waals surface area (Å²) in [5.41, 5.74) is 3.81. The zero-order chi connectivity index (χ0) is 21.8. The van der Waals surface area contributed by atoms with E-state index in [0.29, 0.717) is 35.6 Å². The summed E-state index contributed by atoms with van der Waals surface area (Å²) >= 11 is 0. The van der Waals surface area contributed by atoms with Gasteiger partial charge in [-0.25, -0.2) is 9.18 Å². The van der Waals surface area contributed by atoms with Crippen molar-refractivity contribution in [2.75, 3.05) is 32.7 Å². The lowest BCUT2D eigenvalue weighted by Crippen LogP contribution is -2.16. The van der Waals surface area contributed by atoms with Gasteiger partial charge < -0.3 is 19.5 Å². The summed E-state index contributed by atoms with van der Waals surface area (Å²) in [7, 11) is 3.13. The number of nitrogens with zero attached hydrogens (tertiary/aromatic N) is 1. The maximum atomic E-state index is 14.4. The van der Waals surface area contributed by atoms with Crippen molar-refractivity contribution in [2.24, 2.45) is 0 Å². The molecule has 2 heterocycles. The Bertz CT molecular complexity index is 1100. The highest BCUT2D eigenvalue weighted by Crippen LogP contribution is 2.39. The van der Waals surface area contributed by atoms with Gasteiger partial charge in [0.2, 0.25) is 0 Å². The van der Waals surface area contributed by atoms with Gasteiger partial charge in [-0.1, -0.05) is 12.1 Å². The summed E-state index contributed by atoms with van der Waals surface area (Å²) in [5, 5.41) is 3.13. The topological polar surface area (TPSA) is 69.7 Å². The number of carbonyl (C=O) groups excluding carboxylic acids is 1. The predicted molar refractivity (Wildman–Crippen MR) is 116 cm³/mol. The molecule has 1 saturated heterocycles. The van der Waals surface area contributed by atoms with Crippen molar-refractivity contribution in [2.45, 2.75) is 12.5 Å². The van der Waals surface area contributed by atoms with Crippen molar-refractivity contribution < 1.29 is 23.4 Å². The normalized spacial score (nSPS) is 15.5. The molecule has 160 valence electrons. The molecule has 1 aliphatic rings. The summed E-state index contributed by atoms with van der Waals surface area (Å²) < 4.78 is 30.6. The van der Waals surface area contributed by atoms with Crippen LogP contribution in [0, 0.1) is 5.82 Å². The molecule has 0 amide bonds. The van der Waals surface area contributed by atoms with Crippen LogP contribution in [-0.4, -0.2) is 44.4 Å². The van der Waals surface area contributed by atoms with Gasteiger partial charge in [-0.15, -0.1) is 0 Å². The van der Waals surface area contributed by atoms with Gasteiger partial charge in [0.05, 0.1) is 31.6 Å². The molecule has 0 saturated carbocycles. The van der Waals surface area contributed by atoms with Crippen molar-refractivity contribution in [3.63, 3.8) is 0 Å². The molecule has 2 aromatic carbocycles. The van der Waals surface area contributed by atoms with E-state index in [1.165, 1.54) is 13.2 Å². The van der Waals surface area contributed by atoms with E-state index < -0.39 is 11.8 Å². The number of benzene rings is 2. The number of halogens is 1. The largest absolute Gasteiger partial charge is 0.485 e. The molecule has 6 nitrogen and oxygen atoms in total. The lowest BCUT2D eigenvalue weighted by atomic mass is 9.93. The van der Waals surface area contributed by atoms with Gasteiger partial charge in [0.25, 0.3) is 0 Å². The Labute approximate surface area is 180 Å². The van der Waals surface area contributed by atoms with Gasteiger partial charge in [0.1, 0.15) is 6.10 Å². The number of hydrogen-bond acceptors (Lipinski definition) is 6. The molecule has 4 rings (SSSR count). The predicted octanol–water partition coefficient (Wildman–Crippen LogP) is 4.55. The zero-order valence-electron chi connectivity index (χ0n) is 17.4. The van der Waals surface area contributed by atoms with Crippen LogP contribution in [0.4, 0.5) is 10.1 Å². The van der Waals surface area contributed by atoms with Gasteiger partial charge in [-0.3, -0.25) is 4.98 Å². The van der Waals surface area contributed by atoms with E-state index in [2.05, 4.69) is 10.3 Å². The SMILES string of the molecule is CNc1cccc(C(=O)OC)c1-c1cccnc1-c1ccc(F)c(OC2CCOC2)c1. The first kappa shape index (κ1) is 20.8. The van der Waals surface area contributed by atoms with Crippen molar-refractivity contribution >= 4 is 11.7 Å². The monoisotopic (exact) mass is 422 g/mol. The minimum Gasteiger partial charge on any atom is -0.485 e. The number of hydrogen-bond donors (Lipinski definition) is 1. The Hall–Kier alpha value is -3.45. The Balaban J connectivity index is 1.84. The lowest BCUT2D eigenvalue weighted by Gasteiger charge is -2.17. The van der Waals surface area contributed by atoms with Gasteiger partial charge in [0, 0.05) is 42.0 Å². The number of pyridine rings is 1. The number of methoxy groups -OCH3 is 1. The van der Waals surface area contributed by atoms with E-state index >= 15 is 0 Å². The maximum absolute atomic E-state index is 14.4. The second-order valence-electron chi connectivity index (χ2n) is 7.12. The summed E-state index contributed by atoms with van der Waals surface area (Å²) in [6, 6.07) is 13.7. The van der Waals surface area contributed by atoms with Gasteiger partial charge >= 0.3 is 5.97 Å². The van der Waals surface area contributed by atoms with Gasteiger partial charge in [-0.05, 0) is 36.4 Å². The quantitative estimate of drug-likeness (QED) is 0.588. The third kappa shape index (κ3) is 4.22. The standard InChI is InChI=1S/C24H23FN2O4/c1-26-20-7-3-5-18(24(28)29-2)22(20)17-6-4-11-27-23(17)15-8-9-19(25)21(13-15)31-16-10-12-30-14-16/h3-9,11,13,16,26H,10,12,14H2,1-2H3. The fraction of sp³-hybridized carbons (Fsp3) is 0.250. The minimum atomic E-state index is -0.453. The van der Waals surface area contributed by atoms with Crippen LogP contribution in [-0.2, 0) is 9.47 Å². The molecule has 1 aliphatic heterocycles. The molecule has 31 heavy (non-hydrogen) atoms. The highest BCUT2D eigenvalue weighted by atomic mass is 19.1. The van der Waals surface area contributed by atoms with E-state index in [1.54, 1.807) is 43.6 Å². The number of aromatic nitrogens is 1. The van der Waals surface area contributed by atoms with Crippen molar-refractivity contribution in [3.8, 4) is 28.1 Å². The Morgan fingerprint density at radius 3 is 2.84 bits per heavy atom. The van der Waals surface area contributed by atoms with Crippen LogP contribution in [0.5, 0.6) is 5.75 Å². The first-order chi connectivity index (χ1) is 15.1. The molecule has 1 unspecified atom stereocenters. The smallest absolute Gasteiger partial charge is 0.338 e. The van der Waals surface area contributed by atoms with Crippen LogP contribution in [0.1, 0.15) is 16.8 Å². The first-order valence-electron chi connectivity index (χ1n) is 10.0. The molecule has 0 bridgehead atoms. The average Bonchev–Trinajstić information content (AvgIpc) is 3.32. The minimum absolute atomic E-state index is 0.152. The Kier molecular flexibility index (Phi) is 6.13. The van der Waals surface area contributed by atoms with E-state index in [1.807, 2.05) is 12.1 Å². The highest BCUT2D eigenvalue weighted by molar-refractivity contribution is 6.03. The van der Waals surface area contributed by atoms with Crippen molar-refractivity contribution in [1.82, 2.24) is 4.98 Å². The molecule has 0 spiro atoms. The highest BCUT2D eigenvalue weighted by Gasteiger charge is 2.22. The van der Waals surface area contributed by atoms with Gasteiger partial charge in [0.15, 0.2) is 11.6 Å². The molecular formula is C24H23FN2O4. The van der Waals surface area contributed by atoms with E-state index in [9.17, 15) is 9.18 Å². The van der Waals surface area contributed by atoms with Crippen molar-refractivity contribution in [3.05, 3.63) is 66.1 Å². The molecule has 1 atom stereocenters. The number of carbonyl (C=O) groups is 1. The van der Waals surface area contributed by atoms with E-state index in [0.717, 1.165) is 17.7 Å². The number of nitrogens with one attached hydrogen (secondary N) is 1. The van der Waals surface area contributed by atoms with Crippen molar-refractivity contribution in [1.29, 1.82) is 0 Å². The maximum Gasteiger partial charge on any atom is 0.338 e. The first-order valence-corrected chi connectivity index (χ1v) is 10.0. The number of ether oxygens (including phenoxy) is 3. The number of esters is 1. The second kappa shape index (κ2) is 9.14. The van der Waals surface area contributed by atoms with Crippen LogP contribution in [0.2, 0.25) is 0 Å². The number of anilines is 1. The van der Waals surface area contributed by atoms with Crippen LogP contribution in [0.3, 0.4) is 0 Å². The fourth-order valence-corrected chi connectivity index (χ4v) is 3.69. The second-order valence-corrected chi connectivity index (χ2v) is 7.12. The Morgan fingerprint density at radius 1 is 1.23 bits per heavy atom. The zero-order valence-corrected chi connectivity index (χ0v) is 17.4. The summed E-state index contributed by atoms with van der Waals surface area (Å²) in [4.78, 5) is 17.0. The van der Waals surface area contributed by atoms with Crippen LogP contribution in [0.15, 0.2) is 54.7 Å². The van der Waals surface area contributed by atoms with Crippen LogP contribution in [0.25, 0.3) is 22.4 Å². The van der Waals surface area contributed by atoms with E-state index in [4.69, 9.17) is 14.2 Å². The third-order valence-corrected chi connectivity index (χ3v) is 5.20. The number of rotatable bonds is 6. The molecule has 3 aromatic rings. The van der Waals surface area contributed by atoms with Gasteiger partial charge in [-0.2, -0.15) is 0 Å². The molecular weight excluding hydrogens is 399 g/mol. The van der Waals surface area contributed by atoms with Crippen LogP contribution >= 0.6 is 0 Å². The third-order valence-electron chi connectivity index (χ3n) is 5.20. The molecule has 1 aromatic heterocycles. The molecule has 1 N–H and O–H groups in total. The van der Waals surface area contributed by atoms with E-state index in [-0.39, 0.29) is 11.9 Å². The molecule has 7 heteroatoms. The van der Waals surface area contributed by atoms with Crippen LogP contribution < -0.4 is 10.1 Å². The molecule has 0 aliphatic carbocycles. The molecule has 1 fully saturated rings. The molecule has 0 radical (unpaired) electrons. The lowest BCUT2D eigenvalue weighted by molar-refractivity contribution is 0.0601. The fourth-order valence-electron chi connectivity index (χ4n) is 3.69.